The topological polar surface area (TPSA) is 251 Å². The van der Waals surface area contributed by atoms with Crippen LogP contribution in [0.1, 0.15) is 26.3 Å². The van der Waals surface area contributed by atoms with E-state index >= 15 is 0 Å². The van der Waals surface area contributed by atoms with E-state index in [1.54, 1.807) is 30.3 Å². The van der Waals surface area contributed by atoms with Crippen LogP contribution in [0.5, 0.6) is 17.2 Å². The summed E-state index contributed by atoms with van der Waals surface area (Å²) in [5.41, 5.74) is -0.112. The highest BCUT2D eigenvalue weighted by Crippen LogP contribution is 2.34. The summed E-state index contributed by atoms with van der Waals surface area (Å²) in [6.07, 6.45) is -15.9. The second kappa shape index (κ2) is 15.9. The number of esters is 2. The van der Waals surface area contributed by atoms with Crippen molar-refractivity contribution in [2.75, 3.05) is 13.2 Å². The highest BCUT2D eigenvalue weighted by molar-refractivity contribution is 5.95. The standard InChI is InChI=1S/C33H36O16/c34-13-21-24(37)26(39)27(40)32(47-21)45-19-11-5-4-9-17(19)15-44-31(43)23-18(36)10-6-12-20(23)46-33-28(41)29(25(38)22(14-35)48-33)49-30(42)16-7-2-1-3-8-16/h1-12,21-22,24-29,32-41H,13-15H2. The Morgan fingerprint density at radius 3 is 1.92 bits per heavy atom. The molecule has 10 atom stereocenters. The van der Waals surface area contributed by atoms with Gasteiger partial charge in [-0.25, -0.2) is 9.59 Å². The van der Waals surface area contributed by atoms with Crippen molar-refractivity contribution in [2.24, 2.45) is 0 Å². The molecule has 264 valence electrons. The Morgan fingerprint density at radius 2 is 1.22 bits per heavy atom. The lowest BCUT2D eigenvalue weighted by Gasteiger charge is -2.41. The number of carbonyl (C=O) groups is 2. The first-order chi connectivity index (χ1) is 23.5. The average molecular weight is 689 g/mol. The van der Waals surface area contributed by atoms with Crippen molar-refractivity contribution in [2.45, 2.75) is 68.0 Å². The highest BCUT2D eigenvalue weighted by Gasteiger charge is 2.48. The molecule has 2 aliphatic heterocycles. The quantitative estimate of drug-likeness (QED) is 0.112. The first-order valence-corrected chi connectivity index (χ1v) is 15.1. The van der Waals surface area contributed by atoms with Gasteiger partial charge in [0.2, 0.25) is 12.6 Å². The van der Waals surface area contributed by atoms with Crippen molar-refractivity contribution in [3.63, 3.8) is 0 Å². The first kappa shape index (κ1) is 35.9. The predicted molar refractivity (Wildman–Crippen MR) is 162 cm³/mol. The fourth-order valence-corrected chi connectivity index (χ4v) is 5.25. The summed E-state index contributed by atoms with van der Waals surface area (Å²) in [4.78, 5) is 26.0. The molecule has 0 saturated carbocycles. The van der Waals surface area contributed by atoms with E-state index in [1.807, 2.05) is 0 Å². The van der Waals surface area contributed by atoms with Crippen LogP contribution in [-0.2, 0) is 25.6 Å². The summed E-state index contributed by atoms with van der Waals surface area (Å²) in [6, 6.07) is 17.6. The SMILES string of the molecule is O=C(OC1C(O)C(CO)OC(Oc2cccc(O)c2C(=O)OCc2ccccc2OC2OC(CO)C(O)C(O)C2O)C1O)c1ccccc1. The number of benzene rings is 3. The minimum atomic E-state index is -1.83. The van der Waals surface area contributed by atoms with Crippen molar-refractivity contribution in [1.29, 1.82) is 0 Å². The van der Waals surface area contributed by atoms with Gasteiger partial charge in [-0.1, -0.05) is 42.5 Å². The van der Waals surface area contributed by atoms with Crippen LogP contribution in [0.25, 0.3) is 0 Å². The molecule has 10 unspecified atom stereocenters. The van der Waals surface area contributed by atoms with Gasteiger partial charge < -0.3 is 69.3 Å². The normalized spacial score (nSPS) is 29.9. The fraction of sp³-hybridized carbons (Fsp3) is 0.394. The van der Waals surface area contributed by atoms with Gasteiger partial charge in [-0.3, -0.25) is 0 Å². The molecule has 16 nitrogen and oxygen atoms in total. The Labute approximate surface area is 278 Å². The van der Waals surface area contributed by atoms with Crippen LogP contribution in [0.15, 0.2) is 72.8 Å². The first-order valence-electron chi connectivity index (χ1n) is 15.1. The number of rotatable bonds is 11. The molecule has 0 radical (unpaired) electrons. The minimum Gasteiger partial charge on any atom is -0.507 e. The van der Waals surface area contributed by atoms with Gasteiger partial charge in [0, 0.05) is 5.56 Å². The van der Waals surface area contributed by atoms with Gasteiger partial charge >= 0.3 is 11.9 Å². The zero-order valence-electron chi connectivity index (χ0n) is 25.7. The van der Waals surface area contributed by atoms with Gasteiger partial charge in [0.1, 0.15) is 66.0 Å². The molecule has 8 N–H and O–H groups in total. The summed E-state index contributed by atoms with van der Waals surface area (Å²) < 4.78 is 33.1. The fourth-order valence-electron chi connectivity index (χ4n) is 5.25. The van der Waals surface area contributed by atoms with Gasteiger partial charge in [0.05, 0.1) is 18.8 Å². The number of hydrogen-bond donors (Lipinski definition) is 8. The molecule has 49 heavy (non-hydrogen) atoms. The number of para-hydroxylation sites is 1. The van der Waals surface area contributed by atoms with E-state index in [0.29, 0.717) is 0 Å². The summed E-state index contributed by atoms with van der Waals surface area (Å²) in [5.74, 6) is -2.84. The summed E-state index contributed by atoms with van der Waals surface area (Å²) in [6.45, 7) is -1.88. The third-order valence-electron chi connectivity index (χ3n) is 7.95. The molecule has 2 fully saturated rings. The number of phenolic OH excluding ortho intramolecular Hbond substituents is 1. The second-order valence-corrected chi connectivity index (χ2v) is 11.2. The van der Waals surface area contributed by atoms with Gasteiger partial charge in [0.25, 0.3) is 0 Å². The van der Waals surface area contributed by atoms with Crippen LogP contribution >= 0.6 is 0 Å². The lowest BCUT2D eigenvalue weighted by molar-refractivity contribution is -0.277. The smallest absolute Gasteiger partial charge is 0.346 e. The number of aliphatic hydroxyl groups excluding tert-OH is 7. The molecule has 0 amide bonds. The van der Waals surface area contributed by atoms with E-state index < -0.39 is 104 Å². The lowest BCUT2D eigenvalue weighted by atomic mass is 9.98. The zero-order valence-corrected chi connectivity index (χ0v) is 25.7. The monoisotopic (exact) mass is 688 g/mol. The maximum absolute atomic E-state index is 13.3. The van der Waals surface area contributed by atoms with Crippen LogP contribution in [-0.4, -0.2) is 127 Å². The van der Waals surface area contributed by atoms with E-state index in [0.717, 1.165) is 0 Å². The lowest BCUT2D eigenvalue weighted by Crippen LogP contribution is -2.61. The summed E-state index contributed by atoms with van der Waals surface area (Å²) in [7, 11) is 0. The number of carbonyl (C=O) groups excluding carboxylic acids is 2. The number of ether oxygens (including phenoxy) is 6. The number of hydrogen-bond acceptors (Lipinski definition) is 16. The predicted octanol–water partition coefficient (Wildman–Crippen LogP) is -1.03. The Kier molecular flexibility index (Phi) is 11.7. The van der Waals surface area contributed by atoms with Crippen molar-refractivity contribution in [1.82, 2.24) is 0 Å². The largest absolute Gasteiger partial charge is 0.507 e. The Bertz CT molecular complexity index is 1570. The van der Waals surface area contributed by atoms with Gasteiger partial charge in [-0.2, -0.15) is 0 Å². The van der Waals surface area contributed by atoms with Crippen LogP contribution in [0.2, 0.25) is 0 Å². The van der Waals surface area contributed by atoms with Crippen molar-refractivity contribution in [3.05, 3.63) is 89.5 Å². The Hall–Kier alpha value is -4.36. The van der Waals surface area contributed by atoms with E-state index in [4.69, 9.17) is 28.4 Å². The maximum atomic E-state index is 13.3. The number of aliphatic hydroxyl groups is 7. The summed E-state index contributed by atoms with van der Waals surface area (Å²) >= 11 is 0. The molecule has 0 bridgehead atoms. The maximum Gasteiger partial charge on any atom is 0.346 e. The van der Waals surface area contributed by atoms with Crippen LogP contribution in [0, 0.1) is 0 Å². The summed E-state index contributed by atoms with van der Waals surface area (Å²) in [5, 5.41) is 82.1. The molecule has 0 aromatic heterocycles. The molecule has 2 aliphatic rings. The molecule has 3 aromatic carbocycles. The molecule has 0 aliphatic carbocycles. The van der Waals surface area contributed by atoms with Gasteiger partial charge in [-0.15, -0.1) is 0 Å². The minimum absolute atomic E-state index is 0.0526. The van der Waals surface area contributed by atoms with Crippen LogP contribution in [0.3, 0.4) is 0 Å². The van der Waals surface area contributed by atoms with E-state index in [1.165, 1.54) is 42.5 Å². The van der Waals surface area contributed by atoms with Crippen LogP contribution < -0.4 is 9.47 Å². The van der Waals surface area contributed by atoms with Crippen LogP contribution in [0.4, 0.5) is 0 Å². The molecule has 0 spiro atoms. The molecule has 5 rings (SSSR count). The second-order valence-electron chi connectivity index (χ2n) is 11.2. The molecular weight excluding hydrogens is 652 g/mol. The molecule has 2 heterocycles. The van der Waals surface area contributed by atoms with E-state index in [9.17, 15) is 50.4 Å². The molecule has 3 aromatic rings. The van der Waals surface area contributed by atoms with Crippen molar-refractivity contribution < 1.29 is 78.9 Å². The molecule has 2 saturated heterocycles. The molecular formula is C33H36O16. The number of aromatic hydroxyl groups is 1. The third kappa shape index (κ3) is 7.94. The number of phenols is 1. The Balaban J connectivity index is 1.30. The van der Waals surface area contributed by atoms with Gasteiger partial charge in [0.15, 0.2) is 12.2 Å². The average Bonchev–Trinajstić information content (AvgIpc) is 3.11. The third-order valence-corrected chi connectivity index (χ3v) is 7.95. The van der Waals surface area contributed by atoms with E-state index in [2.05, 4.69) is 0 Å². The van der Waals surface area contributed by atoms with Crippen molar-refractivity contribution >= 4 is 11.9 Å². The van der Waals surface area contributed by atoms with Crippen molar-refractivity contribution in [3.8, 4) is 17.2 Å². The Morgan fingerprint density at radius 1 is 0.633 bits per heavy atom. The van der Waals surface area contributed by atoms with E-state index in [-0.39, 0.29) is 22.6 Å². The van der Waals surface area contributed by atoms with Gasteiger partial charge in [-0.05, 0) is 30.3 Å². The molecule has 16 heteroatoms. The highest BCUT2D eigenvalue weighted by atomic mass is 16.7. The zero-order chi connectivity index (χ0) is 35.2.